The Labute approximate surface area is 149 Å². The summed E-state index contributed by atoms with van der Waals surface area (Å²) in [4.78, 5) is 24.6. The average molecular weight is 365 g/mol. The number of aromatic hydroxyl groups is 2. The van der Waals surface area contributed by atoms with E-state index in [4.69, 9.17) is 21.1 Å². The first-order chi connectivity index (χ1) is 11.9. The third-order valence-electron chi connectivity index (χ3n) is 4.06. The highest BCUT2D eigenvalue weighted by Gasteiger charge is 2.38. The smallest absolute Gasteiger partial charge is 0.342 e. The fraction of sp³-hybridized carbons (Fsp3) is 0.333. The monoisotopic (exact) mass is 364 g/mol. The standard InChI is InChI=1S/C18H17ClO6/c1-9-6-15-14(25-15)5-3-2-4-10(20)7-11-16(18(23)24-9)12(21)8-13(22)17(11)19/h2-5,8-9,14-15,21-22H,6-7H2,1H3/b4-2+,5-3+/t9-,14+,15+/m1/s1. The van der Waals surface area contributed by atoms with E-state index in [-0.39, 0.29) is 40.6 Å². The summed E-state index contributed by atoms with van der Waals surface area (Å²) in [5, 5.41) is 19.7. The van der Waals surface area contributed by atoms with Crippen molar-refractivity contribution >= 4 is 23.4 Å². The summed E-state index contributed by atoms with van der Waals surface area (Å²) in [6.07, 6.45) is 6.13. The van der Waals surface area contributed by atoms with Crippen LogP contribution >= 0.6 is 11.6 Å². The van der Waals surface area contributed by atoms with Gasteiger partial charge in [-0.2, -0.15) is 0 Å². The third kappa shape index (κ3) is 3.86. The molecule has 3 atom stereocenters. The zero-order valence-corrected chi connectivity index (χ0v) is 14.2. The molecule has 0 radical (unpaired) electrons. The molecule has 3 rings (SSSR count). The summed E-state index contributed by atoms with van der Waals surface area (Å²) in [5.74, 6) is -2.04. The Morgan fingerprint density at radius 2 is 1.96 bits per heavy atom. The molecule has 2 aliphatic rings. The lowest BCUT2D eigenvalue weighted by atomic mass is 10.00. The van der Waals surface area contributed by atoms with E-state index in [0.29, 0.717) is 6.42 Å². The van der Waals surface area contributed by atoms with Gasteiger partial charge < -0.3 is 19.7 Å². The Kier molecular flexibility index (Phi) is 4.83. The molecule has 0 saturated carbocycles. The first-order valence-electron chi connectivity index (χ1n) is 7.84. The molecule has 0 unspecified atom stereocenters. The van der Waals surface area contributed by atoms with Gasteiger partial charge in [-0.05, 0) is 13.0 Å². The van der Waals surface area contributed by atoms with Crippen LogP contribution in [0.3, 0.4) is 0 Å². The average Bonchev–Trinajstić information content (AvgIpc) is 3.25. The minimum atomic E-state index is -0.802. The molecular formula is C18H17ClO6. The number of rotatable bonds is 0. The molecule has 1 saturated heterocycles. The largest absolute Gasteiger partial charge is 0.507 e. The Morgan fingerprint density at radius 3 is 2.72 bits per heavy atom. The van der Waals surface area contributed by atoms with E-state index in [1.807, 2.05) is 6.08 Å². The summed E-state index contributed by atoms with van der Waals surface area (Å²) in [6.45, 7) is 1.72. The van der Waals surface area contributed by atoms with Crippen LogP contribution in [0.1, 0.15) is 29.3 Å². The quantitative estimate of drug-likeness (QED) is 0.542. The summed E-state index contributed by atoms with van der Waals surface area (Å²) in [7, 11) is 0. The topological polar surface area (TPSA) is 96.4 Å². The van der Waals surface area contributed by atoms with Crippen LogP contribution in [0.2, 0.25) is 5.02 Å². The lowest BCUT2D eigenvalue weighted by molar-refractivity contribution is -0.114. The normalized spacial score (nSPS) is 29.0. The number of esters is 1. The molecule has 7 heteroatoms. The number of hydrogen-bond donors (Lipinski definition) is 2. The van der Waals surface area contributed by atoms with Gasteiger partial charge in [0.2, 0.25) is 0 Å². The van der Waals surface area contributed by atoms with Crippen molar-refractivity contribution in [2.24, 2.45) is 0 Å². The summed E-state index contributed by atoms with van der Waals surface area (Å²) in [6, 6.07) is 0.958. The van der Waals surface area contributed by atoms with E-state index in [1.54, 1.807) is 19.1 Å². The Hall–Kier alpha value is -2.31. The molecule has 25 heavy (non-hydrogen) atoms. The van der Waals surface area contributed by atoms with Crippen LogP contribution in [-0.4, -0.2) is 40.3 Å². The molecule has 2 N–H and O–H groups in total. The van der Waals surface area contributed by atoms with E-state index >= 15 is 0 Å². The molecule has 1 aromatic rings. The van der Waals surface area contributed by atoms with Crippen molar-refractivity contribution in [2.45, 2.75) is 38.1 Å². The zero-order chi connectivity index (χ0) is 18.1. The molecule has 1 aromatic carbocycles. The summed E-state index contributed by atoms with van der Waals surface area (Å²) >= 11 is 6.05. The molecule has 0 aliphatic carbocycles. The van der Waals surface area contributed by atoms with E-state index in [2.05, 4.69) is 0 Å². The van der Waals surface area contributed by atoms with Gasteiger partial charge in [-0.3, -0.25) is 4.79 Å². The van der Waals surface area contributed by atoms with Crippen LogP contribution < -0.4 is 0 Å². The molecule has 2 heterocycles. The lowest BCUT2D eigenvalue weighted by Gasteiger charge is -2.16. The van der Waals surface area contributed by atoms with Crippen LogP contribution in [-0.2, 0) is 20.7 Å². The number of hydrogen-bond acceptors (Lipinski definition) is 6. The van der Waals surface area contributed by atoms with Crippen molar-refractivity contribution < 1.29 is 29.3 Å². The number of cyclic esters (lactones) is 1. The minimum absolute atomic E-state index is 0.0348. The maximum absolute atomic E-state index is 12.5. The van der Waals surface area contributed by atoms with Crippen LogP contribution in [0.5, 0.6) is 11.5 Å². The van der Waals surface area contributed by atoms with Crippen LogP contribution in [0.25, 0.3) is 0 Å². The number of halogens is 1. The Bertz CT molecular complexity index is 782. The molecule has 2 aliphatic heterocycles. The van der Waals surface area contributed by atoms with E-state index in [1.165, 1.54) is 6.08 Å². The summed E-state index contributed by atoms with van der Waals surface area (Å²) < 4.78 is 10.8. The number of fused-ring (bicyclic) bond motifs is 2. The van der Waals surface area contributed by atoms with Crippen LogP contribution in [0, 0.1) is 0 Å². The molecule has 0 bridgehead atoms. The lowest BCUT2D eigenvalue weighted by Crippen LogP contribution is -2.19. The SMILES string of the molecule is C[C@@H]1C[C@@H]2O[C@H]2/C=C/C=C/C(=O)Cc2c(Cl)c(O)cc(O)c2C(=O)O1. The fourth-order valence-electron chi connectivity index (χ4n) is 2.78. The second-order valence-electron chi connectivity index (χ2n) is 6.06. The first-order valence-corrected chi connectivity index (χ1v) is 8.22. The minimum Gasteiger partial charge on any atom is -0.507 e. The van der Waals surface area contributed by atoms with Gasteiger partial charge in [0.05, 0.1) is 11.1 Å². The number of ether oxygens (including phenoxy) is 2. The van der Waals surface area contributed by atoms with Crippen LogP contribution in [0.15, 0.2) is 30.4 Å². The Morgan fingerprint density at radius 1 is 1.20 bits per heavy atom. The van der Waals surface area contributed by atoms with Crippen molar-refractivity contribution in [1.82, 2.24) is 0 Å². The molecule has 132 valence electrons. The predicted molar refractivity (Wildman–Crippen MR) is 89.9 cm³/mol. The predicted octanol–water partition coefficient (Wildman–Crippen LogP) is 2.69. The van der Waals surface area contributed by atoms with Gasteiger partial charge in [0.1, 0.15) is 29.3 Å². The fourth-order valence-corrected chi connectivity index (χ4v) is 3.00. The molecule has 6 nitrogen and oxygen atoms in total. The third-order valence-corrected chi connectivity index (χ3v) is 4.49. The zero-order valence-electron chi connectivity index (χ0n) is 13.4. The van der Waals surface area contributed by atoms with Crippen LogP contribution in [0.4, 0.5) is 0 Å². The van der Waals surface area contributed by atoms with Gasteiger partial charge in [0.25, 0.3) is 0 Å². The van der Waals surface area contributed by atoms with Crippen molar-refractivity contribution in [1.29, 1.82) is 0 Å². The van der Waals surface area contributed by atoms with Crippen molar-refractivity contribution in [3.05, 3.63) is 46.5 Å². The van der Waals surface area contributed by atoms with Crippen molar-refractivity contribution in [3.8, 4) is 11.5 Å². The number of ketones is 1. The van der Waals surface area contributed by atoms with Gasteiger partial charge in [0, 0.05) is 24.5 Å². The number of carbonyl (C=O) groups is 2. The molecule has 0 spiro atoms. The number of phenols is 2. The molecular weight excluding hydrogens is 348 g/mol. The van der Waals surface area contributed by atoms with Crippen molar-refractivity contribution in [3.63, 3.8) is 0 Å². The second kappa shape index (κ2) is 6.90. The van der Waals surface area contributed by atoms with E-state index < -0.39 is 23.6 Å². The van der Waals surface area contributed by atoms with E-state index in [9.17, 15) is 19.8 Å². The molecule has 0 amide bonds. The van der Waals surface area contributed by atoms with Gasteiger partial charge in [-0.15, -0.1) is 0 Å². The number of benzene rings is 1. The van der Waals surface area contributed by atoms with Crippen molar-refractivity contribution in [2.75, 3.05) is 0 Å². The Balaban J connectivity index is 2.01. The molecule has 0 aromatic heterocycles. The first kappa shape index (κ1) is 17.5. The maximum atomic E-state index is 12.5. The van der Waals surface area contributed by atoms with Gasteiger partial charge in [0.15, 0.2) is 5.78 Å². The summed E-state index contributed by atoms with van der Waals surface area (Å²) in [5.41, 5.74) is -0.176. The number of epoxide rings is 1. The second-order valence-corrected chi connectivity index (χ2v) is 6.44. The number of carbonyl (C=O) groups excluding carboxylic acids is 2. The van der Waals surface area contributed by atoms with Gasteiger partial charge in [-0.25, -0.2) is 4.79 Å². The highest BCUT2D eigenvalue weighted by atomic mass is 35.5. The molecule has 1 fully saturated rings. The van der Waals surface area contributed by atoms with Gasteiger partial charge >= 0.3 is 5.97 Å². The number of phenolic OH excluding ortho intramolecular Hbond substituents is 2. The van der Waals surface area contributed by atoms with Gasteiger partial charge in [-0.1, -0.05) is 29.8 Å². The highest BCUT2D eigenvalue weighted by Crippen LogP contribution is 2.37. The highest BCUT2D eigenvalue weighted by molar-refractivity contribution is 6.33. The van der Waals surface area contributed by atoms with E-state index in [0.717, 1.165) is 6.07 Å². The maximum Gasteiger partial charge on any atom is 0.342 e. The number of allylic oxidation sites excluding steroid dienone is 3.